The average molecular weight is 394 g/mol. The van der Waals surface area contributed by atoms with Gasteiger partial charge in [0.1, 0.15) is 5.69 Å². The molecule has 0 aliphatic carbocycles. The molecule has 3 heterocycles. The SMILES string of the molecule is CNC(=O)c1ccc(-c2cnc3ncc(Cc4ccc5ncccc5c4)n3n2)cc1. The molecule has 30 heavy (non-hydrogen) atoms. The first-order valence-corrected chi connectivity index (χ1v) is 9.57. The van der Waals surface area contributed by atoms with E-state index in [-0.39, 0.29) is 5.91 Å². The van der Waals surface area contributed by atoms with Gasteiger partial charge < -0.3 is 5.32 Å². The second-order valence-electron chi connectivity index (χ2n) is 6.97. The van der Waals surface area contributed by atoms with Crippen molar-refractivity contribution in [2.45, 2.75) is 6.42 Å². The minimum atomic E-state index is -0.120. The Morgan fingerprint density at radius 2 is 1.83 bits per heavy atom. The predicted molar refractivity (Wildman–Crippen MR) is 114 cm³/mol. The lowest BCUT2D eigenvalue weighted by molar-refractivity contribution is 0.0963. The van der Waals surface area contributed by atoms with E-state index in [1.807, 2.05) is 24.3 Å². The Balaban J connectivity index is 1.48. The fourth-order valence-electron chi connectivity index (χ4n) is 3.45. The molecule has 0 spiro atoms. The Morgan fingerprint density at radius 3 is 2.67 bits per heavy atom. The molecule has 0 aliphatic heterocycles. The number of hydrogen-bond donors (Lipinski definition) is 1. The van der Waals surface area contributed by atoms with Crippen molar-refractivity contribution in [2.75, 3.05) is 7.05 Å². The lowest BCUT2D eigenvalue weighted by Gasteiger charge is -2.06. The van der Waals surface area contributed by atoms with Crippen LogP contribution in [0.5, 0.6) is 0 Å². The minimum Gasteiger partial charge on any atom is -0.355 e. The van der Waals surface area contributed by atoms with Crippen molar-refractivity contribution in [1.29, 1.82) is 0 Å². The summed E-state index contributed by atoms with van der Waals surface area (Å²) < 4.78 is 1.77. The fraction of sp³-hybridized carbons (Fsp3) is 0.0870. The lowest BCUT2D eigenvalue weighted by atomic mass is 10.1. The molecule has 5 aromatic rings. The molecule has 0 saturated heterocycles. The van der Waals surface area contributed by atoms with Crippen LogP contribution in [0.1, 0.15) is 21.6 Å². The summed E-state index contributed by atoms with van der Waals surface area (Å²) in [6, 6.07) is 17.5. The van der Waals surface area contributed by atoms with E-state index in [0.717, 1.165) is 27.7 Å². The van der Waals surface area contributed by atoms with E-state index in [2.05, 4.69) is 38.5 Å². The molecule has 0 saturated carbocycles. The molecule has 1 amide bonds. The van der Waals surface area contributed by atoms with E-state index in [1.165, 1.54) is 0 Å². The van der Waals surface area contributed by atoms with Crippen LogP contribution in [-0.4, -0.2) is 37.5 Å². The highest BCUT2D eigenvalue weighted by molar-refractivity contribution is 5.94. The van der Waals surface area contributed by atoms with Crippen LogP contribution in [-0.2, 0) is 6.42 Å². The Hall–Kier alpha value is -4.13. The van der Waals surface area contributed by atoms with Gasteiger partial charge in [0.2, 0.25) is 0 Å². The number of carbonyl (C=O) groups is 1. The highest BCUT2D eigenvalue weighted by Gasteiger charge is 2.10. The summed E-state index contributed by atoms with van der Waals surface area (Å²) in [4.78, 5) is 24.9. The lowest BCUT2D eigenvalue weighted by Crippen LogP contribution is -2.17. The van der Waals surface area contributed by atoms with Crippen molar-refractivity contribution in [3.8, 4) is 11.3 Å². The second kappa shape index (κ2) is 7.36. The molecule has 0 atom stereocenters. The van der Waals surface area contributed by atoms with Crippen molar-refractivity contribution in [1.82, 2.24) is 29.9 Å². The van der Waals surface area contributed by atoms with Gasteiger partial charge in [0.05, 0.1) is 23.6 Å². The number of imidazole rings is 1. The van der Waals surface area contributed by atoms with Crippen molar-refractivity contribution in [3.63, 3.8) is 0 Å². The van der Waals surface area contributed by atoms with Crippen LogP contribution in [0.25, 0.3) is 27.9 Å². The summed E-state index contributed by atoms with van der Waals surface area (Å²) in [6.45, 7) is 0. The topological polar surface area (TPSA) is 85.1 Å². The molecule has 0 fully saturated rings. The number of fused-ring (bicyclic) bond motifs is 2. The van der Waals surface area contributed by atoms with E-state index in [0.29, 0.717) is 23.5 Å². The van der Waals surface area contributed by atoms with Crippen LogP contribution in [0.3, 0.4) is 0 Å². The highest BCUT2D eigenvalue weighted by atomic mass is 16.1. The first-order valence-electron chi connectivity index (χ1n) is 9.57. The smallest absolute Gasteiger partial charge is 0.251 e. The van der Waals surface area contributed by atoms with Crippen LogP contribution in [0.15, 0.2) is 73.2 Å². The van der Waals surface area contributed by atoms with Crippen molar-refractivity contribution >= 4 is 22.6 Å². The maximum Gasteiger partial charge on any atom is 0.251 e. The number of amides is 1. The van der Waals surface area contributed by atoms with Gasteiger partial charge >= 0.3 is 0 Å². The summed E-state index contributed by atoms with van der Waals surface area (Å²) in [5.74, 6) is 0.434. The van der Waals surface area contributed by atoms with E-state index >= 15 is 0 Å². The van der Waals surface area contributed by atoms with Gasteiger partial charge in [-0.2, -0.15) is 5.10 Å². The average Bonchev–Trinajstić information content (AvgIpc) is 3.20. The van der Waals surface area contributed by atoms with Crippen LogP contribution < -0.4 is 5.32 Å². The number of benzene rings is 2. The van der Waals surface area contributed by atoms with Gasteiger partial charge in [-0.05, 0) is 35.9 Å². The van der Waals surface area contributed by atoms with E-state index in [4.69, 9.17) is 5.10 Å². The van der Waals surface area contributed by atoms with Gasteiger partial charge in [0.25, 0.3) is 11.7 Å². The number of nitrogens with one attached hydrogen (secondary N) is 1. The van der Waals surface area contributed by atoms with E-state index in [9.17, 15) is 4.79 Å². The van der Waals surface area contributed by atoms with Crippen molar-refractivity contribution in [3.05, 3.63) is 90.0 Å². The molecule has 2 aromatic carbocycles. The second-order valence-corrected chi connectivity index (χ2v) is 6.97. The van der Waals surface area contributed by atoms with Gasteiger partial charge in [-0.3, -0.25) is 9.78 Å². The molecule has 7 nitrogen and oxygen atoms in total. The quantitative estimate of drug-likeness (QED) is 0.506. The predicted octanol–water partition coefficient (Wildman–Crippen LogP) is 3.29. The molecule has 0 bridgehead atoms. The normalized spacial score (nSPS) is 11.1. The number of rotatable bonds is 4. The van der Waals surface area contributed by atoms with Crippen LogP contribution in [0.2, 0.25) is 0 Å². The maximum atomic E-state index is 11.7. The molecule has 0 radical (unpaired) electrons. The standard InChI is InChI=1S/C23H18N6O/c1-24-22(30)17-7-5-16(6-8-17)21-14-27-23-26-13-19(29(23)28-21)12-15-4-9-20-18(11-15)3-2-10-25-20/h2-11,13-14H,12H2,1H3,(H,24,30). The molecule has 1 N–H and O–H groups in total. The number of nitrogens with zero attached hydrogens (tertiary/aromatic N) is 5. The van der Waals surface area contributed by atoms with Gasteiger partial charge in [-0.15, -0.1) is 0 Å². The zero-order chi connectivity index (χ0) is 20.5. The first-order chi connectivity index (χ1) is 14.7. The molecule has 3 aromatic heterocycles. The first kappa shape index (κ1) is 17.9. The largest absolute Gasteiger partial charge is 0.355 e. The molecular weight excluding hydrogens is 376 g/mol. The third-order valence-electron chi connectivity index (χ3n) is 5.02. The number of pyridine rings is 1. The summed E-state index contributed by atoms with van der Waals surface area (Å²) in [7, 11) is 1.61. The minimum absolute atomic E-state index is 0.120. The summed E-state index contributed by atoms with van der Waals surface area (Å²) in [5, 5.41) is 8.46. The molecule has 0 aliphatic rings. The van der Waals surface area contributed by atoms with Crippen LogP contribution in [0.4, 0.5) is 0 Å². The zero-order valence-corrected chi connectivity index (χ0v) is 16.3. The van der Waals surface area contributed by atoms with Crippen LogP contribution >= 0.6 is 0 Å². The Kier molecular flexibility index (Phi) is 4.40. The summed E-state index contributed by atoms with van der Waals surface area (Å²) >= 11 is 0. The Bertz CT molecular complexity index is 1370. The van der Waals surface area contributed by atoms with Gasteiger partial charge in [0, 0.05) is 36.2 Å². The van der Waals surface area contributed by atoms with Gasteiger partial charge in [-0.1, -0.05) is 24.3 Å². The van der Waals surface area contributed by atoms with Gasteiger partial charge in [0.15, 0.2) is 0 Å². The highest BCUT2D eigenvalue weighted by Crippen LogP contribution is 2.20. The molecule has 146 valence electrons. The molecule has 7 heteroatoms. The van der Waals surface area contributed by atoms with Crippen LogP contribution in [0, 0.1) is 0 Å². The summed E-state index contributed by atoms with van der Waals surface area (Å²) in [5.41, 5.74) is 5.27. The van der Waals surface area contributed by atoms with Crippen molar-refractivity contribution < 1.29 is 4.79 Å². The molecule has 0 unspecified atom stereocenters. The monoisotopic (exact) mass is 394 g/mol. The number of aromatic nitrogens is 5. The zero-order valence-electron chi connectivity index (χ0n) is 16.3. The number of hydrogen-bond acceptors (Lipinski definition) is 5. The fourth-order valence-corrected chi connectivity index (χ4v) is 3.45. The van der Waals surface area contributed by atoms with Crippen molar-refractivity contribution in [2.24, 2.45) is 0 Å². The Morgan fingerprint density at radius 1 is 1.00 bits per heavy atom. The third kappa shape index (κ3) is 3.26. The maximum absolute atomic E-state index is 11.7. The Labute approximate surface area is 172 Å². The van der Waals surface area contributed by atoms with E-state index < -0.39 is 0 Å². The molecular formula is C23H18N6O. The third-order valence-corrected chi connectivity index (χ3v) is 5.02. The number of carbonyl (C=O) groups excluding carboxylic acids is 1. The van der Waals surface area contributed by atoms with E-state index in [1.54, 1.807) is 42.3 Å². The van der Waals surface area contributed by atoms with Gasteiger partial charge in [-0.25, -0.2) is 14.5 Å². The molecule has 5 rings (SSSR count). The summed E-state index contributed by atoms with van der Waals surface area (Å²) in [6.07, 6.45) is 5.98.